The van der Waals surface area contributed by atoms with Crippen molar-refractivity contribution in [2.75, 3.05) is 7.11 Å². The van der Waals surface area contributed by atoms with Crippen molar-refractivity contribution in [3.05, 3.63) is 76.3 Å². The minimum atomic E-state index is -0.394. The number of methoxy groups -OCH3 is 1. The third-order valence-corrected chi connectivity index (χ3v) is 5.34. The van der Waals surface area contributed by atoms with Gasteiger partial charge < -0.3 is 15.0 Å². The van der Waals surface area contributed by atoms with Crippen LogP contribution < -0.4 is 11.3 Å². The predicted octanol–water partition coefficient (Wildman–Crippen LogP) is 3.52. The standard InChI is InChI=1S/C24H23FN4O4/c1-32-23(30)5-3-2-4-22-27-21-12-15(20-13-18(14-26)33-28-20)6-11-19(21)24(31)29(22)17-9-7-16(25)8-10-17/h6-13H,2-5,14,26H2,1H3. The van der Waals surface area contributed by atoms with E-state index in [1.54, 1.807) is 36.4 Å². The van der Waals surface area contributed by atoms with Gasteiger partial charge in [0.05, 0.1) is 30.2 Å². The van der Waals surface area contributed by atoms with E-state index < -0.39 is 5.82 Å². The molecular formula is C24H23FN4O4. The third kappa shape index (κ3) is 4.83. The fraction of sp³-hybridized carbons (Fsp3) is 0.250. The first kappa shape index (κ1) is 22.3. The van der Waals surface area contributed by atoms with Crippen molar-refractivity contribution in [3.63, 3.8) is 0 Å². The topological polar surface area (TPSA) is 113 Å². The number of carbonyl (C=O) groups is 1. The zero-order chi connectivity index (χ0) is 23.4. The van der Waals surface area contributed by atoms with Gasteiger partial charge >= 0.3 is 5.97 Å². The summed E-state index contributed by atoms with van der Waals surface area (Å²) in [5, 5.41) is 4.44. The first-order valence-corrected chi connectivity index (χ1v) is 10.5. The average molecular weight is 450 g/mol. The monoisotopic (exact) mass is 450 g/mol. The molecule has 0 radical (unpaired) electrons. The van der Waals surface area contributed by atoms with Gasteiger partial charge in [-0.1, -0.05) is 11.2 Å². The maximum Gasteiger partial charge on any atom is 0.305 e. The van der Waals surface area contributed by atoms with Crippen LogP contribution in [0.5, 0.6) is 0 Å². The van der Waals surface area contributed by atoms with Gasteiger partial charge in [-0.3, -0.25) is 14.2 Å². The number of fused-ring (bicyclic) bond motifs is 1. The lowest BCUT2D eigenvalue weighted by molar-refractivity contribution is -0.140. The highest BCUT2D eigenvalue weighted by molar-refractivity contribution is 5.83. The maximum absolute atomic E-state index is 13.5. The number of hydrogen-bond donors (Lipinski definition) is 1. The Morgan fingerprint density at radius 3 is 2.64 bits per heavy atom. The van der Waals surface area contributed by atoms with Gasteiger partial charge in [-0.05, 0) is 49.2 Å². The molecule has 0 fully saturated rings. The van der Waals surface area contributed by atoms with E-state index in [-0.39, 0.29) is 24.5 Å². The molecular weight excluding hydrogens is 427 g/mol. The van der Waals surface area contributed by atoms with Crippen molar-refractivity contribution in [1.82, 2.24) is 14.7 Å². The molecule has 9 heteroatoms. The molecule has 0 aliphatic carbocycles. The molecule has 170 valence electrons. The van der Waals surface area contributed by atoms with Crippen LogP contribution in [0, 0.1) is 5.82 Å². The molecule has 0 aliphatic rings. The number of ether oxygens (including phenoxy) is 1. The van der Waals surface area contributed by atoms with Crippen LogP contribution >= 0.6 is 0 Å². The SMILES string of the molecule is COC(=O)CCCCc1nc2cc(-c3cc(CN)on3)ccc2c(=O)n1-c1ccc(F)cc1. The summed E-state index contributed by atoms with van der Waals surface area (Å²) in [5.74, 6) is 0.390. The van der Waals surface area contributed by atoms with Gasteiger partial charge in [0.25, 0.3) is 5.56 Å². The number of rotatable bonds is 8. The highest BCUT2D eigenvalue weighted by Crippen LogP contribution is 2.23. The molecule has 2 aromatic heterocycles. The molecule has 0 saturated heterocycles. The van der Waals surface area contributed by atoms with Gasteiger partial charge in [-0.15, -0.1) is 0 Å². The summed E-state index contributed by atoms with van der Waals surface area (Å²) in [6.07, 6.45) is 1.94. The maximum atomic E-state index is 13.5. The van der Waals surface area contributed by atoms with Crippen LogP contribution in [0.15, 0.2) is 57.8 Å². The second kappa shape index (κ2) is 9.74. The number of aryl methyl sites for hydroxylation is 1. The van der Waals surface area contributed by atoms with Gasteiger partial charge in [-0.25, -0.2) is 9.37 Å². The van der Waals surface area contributed by atoms with E-state index in [4.69, 9.17) is 15.2 Å². The molecule has 0 bridgehead atoms. The lowest BCUT2D eigenvalue weighted by atomic mass is 10.1. The van der Waals surface area contributed by atoms with E-state index in [0.29, 0.717) is 53.1 Å². The number of unbranched alkanes of at least 4 members (excludes halogenated alkanes) is 1. The quantitative estimate of drug-likeness (QED) is 0.323. The Hall–Kier alpha value is -3.85. The van der Waals surface area contributed by atoms with E-state index in [1.807, 2.05) is 0 Å². The van der Waals surface area contributed by atoms with E-state index in [1.165, 1.54) is 23.8 Å². The summed E-state index contributed by atoms with van der Waals surface area (Å²) in [6.45, 7) is 0.233. The van der Waals surface area contributed by atoms with Crippen molar-refractivity contribution in [1.29, 1.82) is 0 Å². The summed E-state index contributed by atoms with van der Waals surface area (Å²) >= 11 is 0. The van der Waals surface area contributed by atoms with E-state index in [2.05, 4.69) is 9.89 Å². The fourth-order valence-corrected chi connectivity index (χ4v) is 3.61. The zero-order valence-electron chi connectivity index (χ0n) is 18.1. The van der Waals surface area contributed by atoms with Crippen LogP contribution in [0.25, 0.3) is 27.8 Å². The fourth-order valence-electron chi connectivity index (χ4n) is 3.61. The van der Waals surface area contributed by atoms with Crippen LogP contribution in [-0.2, 0) is 22.5 Å². The molecule has 2 N–H and O–H groups in total. The van der Waals surface area contributed by atoms with Crippen molar-refractivity contribution in [2.45, 2.75) is 32.2 Å². The van der Waals surface area contributed by atoms with Gasteiger partial charge in [0.1, 0.15) is 17.3 Å². The summed E-state index contributed by atoms with van der Waals surface area (Å²) in [5.41, 5.74) is 7.71. The highest BCUT2D eigenvalue weighted by atomic mass is 19.1. The number of nitrogens with two attached hydrogens (primary N) is 1. The number of nitrogens with zero attached hydrogens (tertiary/aromatic N) is 3. The Balaban J connectivity index is 1.77. The second-order valence-electron chi connectivity index (χ2n) is 7.54. The summed E-state index contributed by atoms with van der Waals surface area (Å²) < 4.78 is 24.8. The Labute approximate surface area is 188 Å². The number of carbonyl (C=O) groups excluding carboxylic acids is 1. The van der Waals surface area contributed by atoms with Crippen LogP contribution in [-0.4, -0.2) is 27.8 Å². The summed E-state index contributed by atoms with van der Waals surface area (Å²) in [4.78, 5) is 29.6. The number of halogens is 1. The van der Waals surface area contributed by atoms with Crippen molar-refractivity contribution in [2.24, 2.45) is 5.73 Å². The van der Waals surface area contributed by atoms with Crippen LogP contribution in [0.1, 0.15) is 30.8 Å². The molecule has 0 aliphatic heterocycles. The first-order valence-electron chi connectivity index (χ1n) is 10.5. The minimum Gasteiger partial charge on any atom is -0.469 e. The molecule has 0 atom stereocenters. The second-order valence-corrected chi connectivity index (χ2v) is 7.54. The molecule has 4 rings (SSSR count). The minimum absolute atomic E-state index is 0.233. The van der Waals surface area contributed by atoms with Crippen LogP contribution in [0.2, 0.25) is 0 Å². The van der Waals surface area contributed by atoms with Crippen molar-refractivity contribution >= 4 is 16.9 Å². The molecule has 0 saturated carbocycles. The molecule has 0 unspecified atom stereocenters. The Kier molecular flexibility index (Phi) is 6.60. The van der Waals surface area contributed by atoms with Crippen LogP contribution in [0.4, 0.5) is 4.39 Å². The molecule has 33 heavy (non-hydrogen) atoms. The number of aromatic nitrogens is 3. The van der Waals surface area contributed by atoms with Crippen molar-refractivity contribution in [3.8, 4) is 16.9 Å². The lowest BCUT2D eigenvalue weighted by Gasteiger charge is -2.14. The summed E-state index contributed by atoms with van der Waals surface area (Å²) in [7, 11) is 1.35. The molecule has 2 aromatic carbocycles. The highest BCUT2D eigenvalue weighted by Gasteiger charge is 2.15. The molecule has 4 aromatic rings. The van der Waals surface area contributed by atoms with Gasteiger partial charge in [0.15, 0.2) is 5.76 Å². The van der Waals surface area contributed by atoms with Crippen molar-refractivity contribution < 1.29 is 18.4 Å². The smallest absolute Gasteiger partial charge is 0.305 e. The number of benzene rings is 2. The molecule has 8 nitrogen and oxygen atoms in total. The normalized spacial score (nSPS) is 11.1. The molecule has 0 amide bonds. The van der Waals surface area contributed by atoms with Gasteiger partial charge in [0, 0.05) is 24.5 Å². The van der Waals surface area contributed by atoms with E-state index >= 15 is 0 Å². The first-order chi connectivity index (χ1) is 16.0. The largest absolute Gasteiger partial charge is 0.469 e. The van der Waals surface area contributed by atoms with Crippen LogP contribution in [0.3, 0.4) is 0 Å². The van der Waals surface area contributed by atoms with E-state index in [9.17, 15) is 14.0 Å². The Bertz CT molecular complexity index is 1350. The molecule has 0 spiro atoms. The Morgan fingerprint density at radius 1 is 1.15 bits per heavy atom. The zero-order valence-corrected chi connectivity index (χ0v) is 18.1. The predicted molar refractivity (Wildman–Crippen MR) is 120 cm³/mol. The lowest BCUT2D eigenvalue weighted by Crippen LogP contribution is -2.24. The summed E-state index contributed by atoms with van der Waals surface area (Å²) in [6, 6.07) is 12.7. The molecule has 2 heterocycles. The van der Waals surface area contributed by atoms with Gasteiger partial charge in [0.2, 0.25) is 0 Å². The number of hydrogen-bond acceptors (Lipinski definition) is 7. The van der Waals surface area contributed by atoms with E-state index in [0.717, 1.165) is 5.56 Å². The average Bonchev–Trinajstić information content (AvgIpc) is 3.32. The Morgan fingerprint density at radius 2 is 1.94 bits per heavy atom. The van der Waals surface area contributed by atoms with Gasteiger partial charge in [-0.2, -0.15) is 0 Å². The third-order valence-electron chi connectivity index (χ3n) is 5.34. The number of esters is 1.